The molecular weight excluding hydrogens is 428 g/mol. The molecule has 1 aromatic heterocycles. The summed E-state index contributed by atoms with van der Waals surface area (Å²) in [5.74, 6) is 1.27. The Kier molecular flexibility index (Phi) is 12.1. The van der Waals surface area contributed by atoms with Crippen molar-refractivity contribution in [2.24, 2.45) is 0 Å². The van der Waals surface area contributed by atoms with E-state index >= 15 is 0 Å². The molecule has 190 valence electrons. The normalized spacial score (nSPS) is 11.9. The minimum absolute atomic E-state index is 0.166. The van der Waals surface area contributed by atoms with Gasteiger partial charge in [0.25, 0.3) is 0 Å². The molecule has 0 amide bonds. The van der Waals surface area contributed by atoms with Crippen LogP contribution < -0.4 is 19.8 Å². The number of hydrogen-bond acceptors (Lipinski definition) is 5. The first-order chi connectivity index (χ1) is 16.4. The largest absolute Gasteiger partial charge is 0.488 e. The molecule has 0 N–H and O–H groups in total. The first-order valence-electron chi connectivity index (χ1n) is 13.1. The average Bonchev–Trinajstić information content (AvgIpc) is 2.77. The van der Waals surface area contributed by atoms with Gasteiger partial charge in [0.15, 0.2) is 5.75 Å². The lowest BCUT2D eigenvalue weighted by molar-refractivity contribution is 0.131. The van der Waals surface area contributed by atoms with Crippen LogP contribution in [0.1, 0.15) is 98.8 Å². The SMILES string of the molecule is CCC=CCCOc1c(OCCCCCCCCCC)c(=O)oc2cc(OC(C)(C)C)ccc12. The zero-order valence-corrected chi connectivity index (χ0v) is 21.9. The van der Waals surface area contributed by atoms with Gasteiger partial charge in [-0.1, -0.05) is 70.9 Å². The molecule has 0 saturated carbocycles. The summed E-state index contributed by atoms with van der Waals surface area (Å²) in [6.45, 7) is 11.2. The first kappa shape index (κ1) is 27.8. The summed E-state index contributed by atoms with van der Waals surface area (Å²) in [7, 11) is 0. The minimum atomic E-state index is -0.515. The maximum Gasteiger partial charge on any atom is 0.383 e. The molecule has 0 fully saturated rings. The third kappa shape index (κ3) is 9.82. The second-order valence-electron chi connectivity index (χ2n) is 9.76. The number of rotatable bonds is 16. The Morgan fingerprint density at radius 2 is 1.53 bits per heavy atom. The Hall–Kier alpha value is -2.43. The van der Waals surface area contributed by atoms with Crippen molar-refractivity contribution < 1.29 is 18.6 Å². The smallest absolute Gasteiger partial charge is 0.383 e. The van der Waals surface area contributed by atoms with Gasteiger partial charge in [0.05, 0.1) is 18.6 Å². The molecule has 0 saturated heterocycles. The van der Waals surface area contributed by atoms with Crippen LogP contribution in [0.4, 0.5) is 0 Å². The summed E-state index contributed by atoms with van der Waals surface area (Å²) in [4.78, 5) is 12.8. The molecule has 1 aromatic carbocycles. The van der Waals surface area contributed by atoms with Gasteiger partial charge in [0, 0.05) is 6.07 Å². The third-order valence-corrected chi connectivity index (χ3v) is 5.39. The highest BCUT2D eigenvalue weighted by molar-refractivity contribution is 5.86. The standard InChI is InChI=1S/C29H44O5/c1-6-8-10-12-13-14-15-17-21-32-27-26(31-20-16-11-9-7-2)24-19-18-23(34-29(3,4)5)22-25(24)33-28(27)30/h9,11,18-19,22H,6-8,10,12-17,20-21H2,1-5H3. The predicted octanol–water partition coefficient (Wildman–Crippen LogP) is 8.22. The van der Waals surface area contributed by atoms with Crippen molar-refractivity contribution in [2.75, 3.05) is 13.2 Å². The van der Waals surface area contributed by atoms with Gasteiger partial charge in [-0.15, -0.1) is 0 Å². The molecule has 0 spiro atoms. The van der Waals surface area contributed by atoms with E-state index in [-0.39, 0.29) is 11.4 Å². The highest BCUT2D eigenvalue weighted by Gasteiger charge is 2.19. The van der Waals surface area contributed by atoms with Crippen LogP contribution in [-0.4, -0.2) is 18.8 Å². The highest BCUT2D eigenvalue weighted by atomic mass is 16.5. The molecule has 0 aliphatic carbocycles. The Morgan fingerprint density at radius 1 is 0.853 bits per heavy atom. The molecule has 0 bridgehead atoms. The number of ether oxygens (including phenoxy) is 3. The van der Waals surface area contributed by atoms with E-state index in [9.17, 15) is 4.79 Å². The van der Waals surface area contributed by atoms with E-state index in [0.29, 0.717) is 35.7 Å². The topological polar surface area (TPSA) is 57.9 Å². The number of allylic oxidation sites excluding steroid dienone is 1. The highest BCUT2D eigenvalue weighted by Crippen LogP contribution is 2.35. The van der Waals surface area contributed by atoms with Crippen molar-refractivity contribution in [3.05, 3.63) is 40.8 Å². The van der Waals surface area contributed by atoms with Gasteiger partial charge in [-0.05, 0) is 52.2 Å². The fourth-order valence-electron chi connectivity index (χ4n) is 3.74. The van der Waals surface area contributed by atoms with Crippen LogP contribution in [0.15, 0.2) is 39.6 Å². The van der Waals surface area contributed by atoms with Gasteiger partial charge in [-0.2, -0.15) is 0 Å². The summed E-state index contributed by atoms with van der Waals surface area (Å²) in [6.07, 6.45) is 15.6. The molecule has 1 heterocycles. The van der Waals surface area contributed by atoms with Crippen LogP contribution in [-0.2, 0) is 0 Å². The monoisotopic (exact) mass is 472 g/mol. The van der Waals surface area contributed by atoms with Gasteiger partial charge in [0.1, 0.15) is 16.9 Å². The van der Waals surface area contributed by atoms with E-state index in [2.05, 4.69) is 26.0 Å². The quantitative estimate of drug-likeness (QED) is 0.140. The second-order valence-corrected chi connectivity index (χ2v) is 9.76. The van der Waals surface area contributed by atoms with Crippen molar-refractivity contribution in [2.45, 2.75) is 104 Å². The Labute approximate surface area is 205 Å². The second kappa shape index (κ2) is 14.7. The lowest BCUT2D eigenvalue weighted by atomic mass is 10.1. The van der Waals surface area contributed by atoms with Crippen LogP contribution >= 0.6 is 0 Å². The van der Waals surface area contributed by atoms with Gasteiger partial charge in [-0.3, -0.25) is 0 Å². The molecule has 34 heavy (non-hydrogen) atoms. The molecule has 2 rings (SSSR count). The molecule has 0 aliphatic rings. The van der Waals surface area contributed by atoms with E-state index in [1.807, 2.05) is 32.9 Å². The Bertz CT molecular complexity index is 936. The molecular formula is C29H44O5. The zero-order valence-electron chi connectivity index (χ0n) is 21.9. The van der Waals surface area contributed by atoms with Crippen LogP contribution in [0.5, 0.6) is 17.2 Å². The summed E-state index contributed by atoms with van der Waals surface area (Å²) in [5, 5.41) is 0.714. The molecule has 0 atom stereocenters. The van der Waals surface area contributed by atoms with Gasteiger partial charge in [-0.25, -0.2) is 4.79 Å². The predicted molar refractivity (Wildman–Crippen MR) is 141 cm³/mol. The maximum absolute atomic E-state index is 12.8. The summed E-state index contributed by atoms with van der Waals surface area (Å²) < 4.78 is 23.6. The fourth-order valence-corrected chi connectivity index (χ4v) is 3.74. The average molecular weight is 473 g/mol. The molecule has 0 aliphatic heterocycles. The van der Waals surface area contributed by atoms with E-state index in [1.165, 1.54) is 38.5 Å². The van der Waals surface area contributed by atoms with Crippen molar-refractivity contribution in [1.29, 1.82) is 0 Å². The Balaban J connectivity index is 2.11. The van der Waals surface area contributed by atoms with Gasteiger partial charge >= 0.3 is 5.63 Å². The fraction of sp³-hybridized carbons (Fsp3) is 0.621. The maximum atomic E-state index is 12.8. The minimum Gasteiger partial charge on any atom is -0.488 e. The Morgan fingerprint density at radius 3 is 2.21 bits per heavy atom. The summed E-state index contributed by atoms with van der Waals surface area (Å²) >= 11 is 0. The van der Waals surface area contributed by atoms with E-state index in [0.717, 1.165) is 25.7 Å². The number of benzene rings is 1. The van der Waals surface area contributed by atoms with E-state index in [4.69, 9.17) is 18.6 Å². The summed E-state index contributed by atoms with van der Waals surface area (Å²) in [6, 6.07) is 5.49. The van der Waals surface area contributed by atoms with E-state index in [1.54, 1.807) is 6.07 Å². The van der Waals surface area contributed by atoms with Crippen molar-refractivity contribution in [1.82, 2.24) is 0 Å². The van der Waals surface area contributed by atoms with Crippen molar-refractivity contribution in [3.63, 3.8) is 0 Å². The van der Waals surface area contributed by atoms with Crippen LogP contribution in [0.2, 0.25) is 0 Å². The number of fused-ring (bicyclic) bond motifs is 1. The van der Waals surface area contributed by atoms with Gasteiger partial charge in [0.2, 0.25) is 5.75 Å². The molecule has 5 heteroatoms. The zero-order chi connectivity index (χ0) is 24.8. The molecule has 5 nitrogen and oxygen atoms in total. The number of hydrogen-bond donors (Lipinski definition) is 0. The lowest BCUT2D eigenvalue weighted by Crippen LogP contribution is -2.22. The van der Waals surface area contributed by atoms with Crippen LogP contribution in [0.3, 0.4) is 0 Å². The number of unbranched alkanes of at least 4 members (excludes halogenated alkanes) is 7. The third-order valence-electron chi connectivity index (χ3n) is 5.39. The molecule has 0 radical (unpaired) electrons. The van der Waals surface area contributed by atoms with E-state index < -0.39 is 5.63 Å². The molecule has 0 unspecified atom stereocenters. The van der Waals surface area contributed by atoms with Crippen LogP contribution in [0, 0.1) is 0 Å². The lowest BCUT2D eigenvalue weighted by Gasteiger charge is -2.21. The van der Waals surface area contributed by atoms with Crippen LogP contribution in [0.25, 0.3) is 11.0 Å². The van der Waals surface area contributed by atoms with Crippen molar-refractivity contribution >= 4 is 11.0 Å². The summed E-state index contributed by atoms with van der Waals surface area (Å²) in [5.41, 5.74) is -0.429. The van der Waals surface area contributed by atoms with Gasteiger partial charge < -0.3 is 18.6 Å². The van der Waals surface area contributed by atoms with Crippen molar-refractivity contribution in [3.8, 4) is 17.2 Å². The first-order valence-corrected chi connectivity index (χ1v) is 13.1. The molecule has 2 aromatic rings.